The molecule has 0 bridgehead atoms. The fraction of sp³-hybridized carbons (Fsp3) is 0.0204. The molecule has 261 valence electrons. The molecule has 4 nitrogen and oxygen atoms in total. The number of furan rings is 1. The number of aryl methyl sites for hydroxylation is 1. The number of pyridine rings is 1. The van der Waals surface area contributed by atoms with Gasteiger partial charge in [0, 0.05) is 47.9 Å². The Morgan fingerprint density at radius 2 is 1.35 bits per heavy atom. The van der Waals surface area contributed by atoms with Crippen LogP contribution in [0.25, 0.3) is 83.4 Å². The Kier molecular flexibility index (Phi) is 8.83. The van der Waals surface area contributed by atoms with Crippen molar-refractivity contribution in [2.24, 2.45) is 0 Å². The van der Waals surface area contributed by atoms with Crippen LogP contribution in [0.5, 0.6) is 0 Å². The molecule has 0 aliphatic heterocycles. The molecule has 0 spiro atoms. The Hall–Kier alpha value is -6.39. The Labute approximate surface area is 332 Å². The number of rotatable bonds is 5. The van der Waals surface area contributed by atoms with E-state index in [4.69, 9.17) is 13.5 Å². The van der Waals surface area contributed by atoms with Crippen LogP contribution in [0, 0.1) is 19.2 Å². The third-order valence-electron chi connectivity index (χ3n) is 9.36. The summed E-state index contributed by atoms with van der Waals surface area (Å²) in [4.78, 5) is 9.20. The van der Waals surface area contributed by atoms with Crippen molar-refractivity contribution in [3.8, 4) is 50.6 Å². The molecule has 0 aliphatic carbocycles. The maximum absolute atomic E-state index is 7.23. The number of nitrogens with zero attached hydrogens (tertiary/aromatic N) is 3. The first-order valence-electron chi connectivity index (χ1n) is 18.9. The molecule has 0 saturated carbocycles. The van der Waals surface area contributed by atoms with Crippen molar-refractivity contribution >= 4 is 32.8 Å². The molecule has 54 heavy (non-hydrogen) atoms. The van der Waals surface area contributed by atoms with Crippen LogP contribution in [0.15, 0.2) is 187 Å². The molecule has 0 unspecified atom stereocenters. The van der Waals surface area contributed by atoms with E-state index in [1.165, 1.54) is 28.1 Å². The topological polar surface area (TPSA) is 43.9 Å². The fourth-order valence-corrected chi connectivity index (χ4v) is 6.68. The third-order valence-corrected chi connectivity index (χ3v) is 9.36. The second-order valence-corrected chi connectivity index (χ2v) is 12.7. The first-order chi connectivity index (χ1) is 27.4. The summed E-state index contributed by atoms with van der Waals surface area (Å²) in [5.41, 5.74) is 11.2. The molecule has 0 amide bonds. The molecule has 10 rings (SSSR count). The van der Waals surface area contributed by atoms with E-state index in [2.05, 4.69) is 143 Å². The first kappa shape index (κ1) is 31.2. The molecular weight excluding hydrogens is 839 g/mol. The average molecular weight is 875 g/mol. The summed E-state index contributed by atoms with van der Waals surface area (Å²) in [6.07, 6.45) is 4.58. The summed E-state index contributed by atoms with van der Waals surface area (Å²) >= 11 is 0. The van der Waals surface area contributed by atoms with Crippen molar-refractivity contribution in [2.75, 3.05) is 0 Å². The molecule has 7 aromatic carbocycles. The van der Waals surface area contributed by atoms with Crippen LogP contribution in [0.4, 0.5) is 0 Å². The van der Waals surface area contributed by atoms with E-state index in [9.17, 15) is 0 Å². The fourth-order valence-electron chi connectivity index (χ4n) is 6.68. The van der Waals surface area contributed by atoms with Crippen molar-refractivity contribution in [3.63, 3.8) is 0 Å². The van der Waals surface area contributed by atoms with Gasteiger partial charge in [-0.3, -0.25) is 4.98 Å². The molecule has 0 N–H and O–H groups in total. The van der Waals surface area contributed by atoms with Gasteiger partial charge in [-0.05, 0) is 81.5 Å². The maximum atomic E-state index is 7.23. The van der Waals surface area contributed by atoms with Gasteiger partial charge in [-0.25, -0.2) is 0 Å². The Morgan fingerprint density at radius 3 is 2.15 bits per heavy atom. The minimum absolute atomic E-state index is 0. The molecule has 3 heterocycles. The first-order valence-corrected chi connectivity index (χ1v) is 17.4. The van der Waals surface area contributed by atoms with E-state index in [0.29, 0.717) is 0 Å². The van der Waals surface area contributed by atoms with E-state index in [1.807, 2.05) is 36.4 Å². The monoisotopic (exact) mass is 875 g/mol. The van der Waals surface area contributed by atoms with Crippen LogP contribution in [0.1, 0.15) is 9.68 Å². The van der Waals surface area contributed by atoms with Crippen molar-refractivity contribution in [1.29, 1.82) is 0 Å². The number of aromatic nitrogens is 3. The van der Waals surface area contributed by atoms with E-state index in [0.717, 1.165) is 61.5 Å². The van der Waals surface area contributed by atoms with Gasteiger partial charge < -0.3 is 14.0 Å². The van der Waals surface area contributed by atoms with Crippen molar-refractivity contribution in [2.45, 2.75) is 6.85 Å². The second kappa shape index (κ2) is 15.3. The minimum Gasteiger partial charge on any atom is -0.557 e. The molecular formula is C49H33IrN3O-2. The van der Waals surface area contributed by atoms with Crippen LogP contribution in [-0.4, -0.2) is 14.5 Å². The normalized spacial score (nSPS) is 12.0. The quantitative estimate of drug-likeness (QED) is 0.162. The molecule has 1 radical (unpaired) electrons. The zero-order chi connectivity index (χ0) is 38.1. The summed E-state index contributed by atoms with van der Waals surface area (Å²) in [6, 6.07) is 62.5. The largest absolute Gasteiger partial charge is 0.557 e. The van der Waals surface area contributed by atoms with Crippen LogP contribution in [0.3, 0.4) is 0 Å². The predicted molar refractivity (Wildman–Crippen MR) is 217 cm³/mol. The van der Waals surface area contributed by atoms with Crippen LogP contribution in [0.2, 0.25) is 0 Å². The molecule has 3 aromatic heterocycles. The molecule has 5 heteroatoms. The number of hydrogen-bond acceptors (Lipinski definition) is 3. The van der Waals surface area contributed by atoms with Gasteiger partial charge in [0.15, 0.2) is 0 Å². The van der Waals surface area contributed by atoms with Gasteiger partial charge >= 0.3 is 0 Å². The van der Waals surface area contributed by atoms with Gasteiger partial charge in [-0.15, -0.1) is 35.9 Å². The van der Waals surface area contributed by atoms with Crippen molar-refractivity contribution in [3.05, 3.63) is 200 Å². The summed E-state index contributed by atoms with van der Waals surface area (Å²) in [5, 5.41) is 3.44. The van der Waals surface area contributed by atoms with Gasteiger partial charge in [-0.2, -0.15) is 0 Å². The maximum Gasteiger partial charge on any atom is 0.0774 e. The number of fused-ring (bicyclic) bond motifs is 3. The summed E-state index contributed by atoms with van der Waals surface area (Å²) in [7, 11) is 0. The van der Waals surface area contributed by atoms with Crippen molar-refractivity contribution < 1.29 is 28.6 Å². The molecule has 0 aliphatic rings. The van der Waals surface area contributed by atoms with E-state index in [-0.39, 0.29) is 25.7 Å². The second-order valence-electron chi connectivity index (χ2n) is 12.7. The summed E-state index contributed by atoms with van der Waals surface area (Å²) < 4.78 is 29.9. The zero-order valence-electron chi connectivity index (χ0n) is 31.9. The van der Waals surface area contributed by atoms with Gasteiger partial charge in [-0.1, -0.05) is 132 Å². The van der Waals surface area contributed by atoms with E-state index in [1.54, 1.807) is 18.2 Å². The number of para-hydroxylation sites is 2. The van der Waals surface area contributed by atoms with Crippen LogP contribution in [-0.2, 0) is 20.1 Å². The van der Waals surface area contributed by atoms with Crippen LogP contribution < -0.4 is 0 Å². The molecule has 10 aromatic rings. The van der Waals surface area contributed by atoms with Gasteiger partial charge in [0.2, 0.25) is 0 Å². The molecule has 0 fully saturated rings. The Morgan fingerprint density at radius 1 is 0.630 bits per heavy atom. The van der Waals surface area contributed by atoms with E-state index < -0.39 is 6.85 Å². The zero-order valence-corrected chi connectivity index (χ0v) is 31.3. The number of hydrogen-bond donors (Lipinski definition) is 0. The molecule has 0 saturated heterocycles. The SMILES string of the molecule is [2H]C([2H])([2H])c1ccc(-c2[c-]cccc2)nc1.[Ir].[c-]1oc2ccc(-c3ccc4ccccc4c3)cc2c1-c1nc2ccccc2n1-c1ccc(-c2ccccc2)cc1. The Balaban J connectivity index is 0.000000226. The minimum atomic E-state index is -2.09. The molecule has 0 atom stereocenters. The smallest absolute Gasteiger partial charge is 0.0774 e. The standard InChI is InChI=1S/C37H23N2O.C12H10N.Ir/c1-2-8-25(9-3-1)27-16-19-31(20-17-27)39-35-13-7-6-12-34(35)38-37(39)33-24-40-36-21-18-30(23-32(33)36)29-15-14-26-10-4-5-11-28(26)22-29;1-10-7-8-12(13-9-10)11-5-3-2-4-6-11;/h1-23H;2-5,7-9H,1H3;/q2*-1;/i;1D3;. The summed E-state index contributed by atoms with van der Waals surface area (Å²) in [5.74, 6) is 0.808. The predicted octanol–water partition coefficient (Wildman–Crippen LogP) is 12.6. The van der Waals surface area contributed by atoms with Gasteiger partial charge in [0.1, 0.15) is 0 Å². The third kappa shape index (κ3) is 6.91. The van der Waals surface area contributed by atoms with Gasteiger partial charge in [0.25, 0.3) is 0 Å². The average Bonchev–Trinajstić information content (AvgIpc) is 3.85. The van der Waals surface area contributed by atoms with Crippen molar-refractivity contribution in [1.82, 2.24) is 14.5 Å². The van der Waals surface area contributed by atoms with E-state index >= 15 is 0 Å². The summed E-state index contributed by atoms with van der Waals surface area (Å²) in [6.45, 7) is -2.09. The number of benzene rings is 7. The van der Waals surface area contributed by atoms with Gasteiger partial charge in [0.05, 0.1) is 16.9 Å². The number of imidazole rings is 1. The van der Waals surface area contributed by atoms with Crippen LogP contribution >= 0.6 is 0 Å². The Bertz CT molecular complexity index is 2940.